The number of benzene rings is 1. The number of piperidine rings is 1. The van der Waals surface area contributed by atoms with Gasteiger partial charge in [-0.15, -0.1) is 0 Å². The Kier molecular flexibility index (Phi) is 5.50. The summed E-state index contributed by atoms with van der Waals surface area (Å²) in [6.45, 7) is 4.42. The van der Waals surface area contributed by atoms with E-state index in [1.807, 2.05) is 42.0 Å². The van der Waals surface area contributed by atoms with Gasteiger partial charge in [0.25, 0.3) is 0 Å². The van der Waals surface area contributed by atoms with E-state index in [2.05, 4.69) is 15.2 Å². The van der Waals surface area contributed by atoms with Crippen molar-refractivity contribution in [2.45, 2.75) is 32.4 Å². The summed E-state index contributed by atoms with van der Waals surface area (Å²) in [5, 5.41) is 12.6. The molecule has 2 N–H and O–H groups in total. The largest absolute Gasteiger partial charge is 0.393 e. The number of anilines is 2. The lowest BCUT2D eigenvalue weighted by molar-refractivity contribution is -0.111. The summed E-state index contributed by atoms with van der Waals surface area (Å²) in [5.41, 5.74) is 1.78. The number of aliphatic hydroxyl groups is 1. The number of carbonyl (C=O) groups excluding carboxylic acids is 1. The third-order valence-electron chi connectivity index (χ3n) is 4.44. The minimum absolute atomic E-state index is 0.185. The molecule has 1 aliphatic heterocycles. The molecule has 6 nitrogen and oxygen atoms in total. The minimum Gasteiger partial charge on any atom is -0.393 e. The fourth-order valence-corrected chi connectivity index (χ4v) is 3.03. The number of aryl methyl sites for hydroxylation is 1. The average molecular weight is 340 g/mol. The lowest BCUT2D eigenvalue weighted by Crippen LogP contribution is -2.36. The second-order valence-electron chi connectivity index (χ2n) is 6.13. The monoisotopic (exact) mass is 340 g/mol. The van der Waals surface area contributed by atoms with Crippen LogP contribution in [0.25, 0.3) is 6.08 Å². The number of aromatic nitrogens is 2. The highest BCUT2D eigenvalue weighted by molar-refractivity contribution is 6.03. The molecule has 2 aromatic rings. The second kappa shape index (κ2) is 7.98. The van der Waals surface area contributed by atoms with E-state index in [0.717, 1.165) is 49.7 Å². The maximum absolute atomic E-state index is 12.3. The number of hydrogen-bond donors (Lipinski definition) is 2. The van der Waals surface area contributed by atoms with Crippen LogP contribution in [0.5, 0.6) is 0 Å². The van der Waals surface area contributed by atoms with E-state index in [0.29, 0.717) is 0 Å². The Bertz CT molecular complexity index is 745. The van der Waals surface area contributed by atoms with Crippen molar-refractivity contribution in [3.8, 4) is 0 Å². The molecule has 132 valence electrons. The van der Waals surface area contributed by atoms with Crippen LogP contribution in [-0.2, 0) is 11.3 Å². The summed E-state index contributed by atoms with van der Waals surface area (Å²) in [4.78, 5) is 18.7. The highest BCUT2D eigenvalue weighted by Gasteiger charge is 2.19. The van der Waals surface area contributed by atoms with E-state index in [-0.39, 0.29) is 12.0 Å². The molecule has 1 saturated heterocycles. The van der Waals surface area contributed by atoms with E-state index in [1.54, 1.807) is 12.3 Å². The standard InChI is InChI=1S/C19H24N4O2/c1-2-22-14-11-20-18(22)7-8-19(25)21-16-5-3-4-6-17(16)23-12-9-15(24)10-13-23/h3-8,11,14-15,24H,2,9-10,12-13H2,1H3,(H,21,25)/b8-7+. The maximum Gasteiger partial charge on any atom is 0.248 e. The van der Waals surface area contributed by atoms with E-state index < -0.39 is 0 Å². The Labute approximate surface area is 147 Å². The zero-order valence-corrected chi connectivity index (χ0v) is 14.4. The summed E-state index contributed by atoms with van der Waals surface area (Å²) in [5.74, 6) is 0.575. The van der Waals surface area contributed by atoms with Crippen LogP contribution in [0.2, 0.25) is 0 Å². The molecular weight excluding hydrogens is 316 g/mol. The summed E-state index contributed by atoms with van der Waals surface area (Å²) in [7, 11) is 0. The molecule has 1 fully saturated rings. The Morgan fingerprint density at radius 2 is 2.12 bits per heavy atom. The highest BCUT2D eigenvalue weighted by Crippen LogP contribution is 2.28. The Hall–Kier alpha value is -2.60. The van der Waals surface area contributed by atoms with E-state index in [4.69, 9.17) is 0 Å². The number of aliphatic hydroxyl groups excluding tert-OH is 1. The van der Waals surface area contributed by atoms with Crippen molar-refractivity contribution >= 4 is 23.4 Å². The molecule has 25 heavy (non-hydrogen) atoms. The number of hydrogen-bond acceptors (Lipinski definition) is 4. The van der Waals surface area contributed by atoms with Gasteiger partial charge in [0.05, 0.1) is 17.5 Å². The lowest BCUT2D eigenvalue weighted by atomic mass is 10.1. The molecular formula is C19H24N4O2. The first-order chi connectivity index (χ1) is 12.2. The molecule has 1 aromatic heterocycles. The quantitative estimate of drug-likeness (QED) is 0.821. The van der Waals surface area contributed by atoms with Crippen LogP contribution in [0.3, 0.4) is 0 Å². The van der Waals surface area contributed by atoms with Crippen molar-refractivity contribution in [3.05, 3.63) is 48.6 Å². The predicted molar refractivity (Wildman–Crippen MR) is 99.5 cm³/mol. The number of nitrogens with zero attached hydrogens (tertiary/aromatic N) is 3. The van der Waals surface area contributed by atoms with Crippen molar-refractivity contribution in [1.29, 1.82) is 0 Å². The third kappa shape index (κ3) is 4.28. The molecule has 0 aliphatic carbocycles. The zero-order chi connectivity index (χ0) is 17.6. The number of para-hydroxylation sites is 2. The van der Waals surface area contributed by atoms with Gasteiger partial charge in [0.15, 0.2) is 0 Å². The number of rotatable bonds is 5. The molecule has 1 aliphatic rings. The summed E-state index contributed by atoms with van der Waals surface area (Å²) < 4.78 is 1.97. The molecule has 3 rings (SSSR count). The SMILES string of the molecule is CCn1ccnc1/C=C/C(=O)Nc1ccccc1N1CCC(O)CC1. The van der Waals surface area contributed by atoms with Crippen molar-refractivity contribution in [3.63, 3.8) is 0 Å². The van der Waals surface area contributed by atoms with Gasteiger partial charge in [-0.2, -0.15) is 0 Å². The molecule has 2 heterocycles. The molecule has 1 amide bonds. The van der Waals surface area contributed by atoms with E-state index in [9.17, 15) is 9.90 Å². The summed E-state index contributed by atoms with van der Waals surface area (Å²) in [6.07, 6.45) is 8.12. The first kappa shape index (κ1) is 17.2. The highest BCUT2D eigenvalue weighted by atomic mass is 16.3. The maximum atomic E-state index is 12.3. The number of amides is 1. The number of carbonyl (C=O) groups is 1. The van der Waals surface area contributed by atoms with Gasteiger partial charge < -0.3 is 19.9 Å². The van der Waals surface area contributed by atoms with Gasteiger partial charge in [0.2, 0.25) is 5.91 Å². The van der Waals surface area contributed by atoms with Crippen LogP contribution in [0, 0.1) is 0 Å². The van der Waals surface area contributed by atoms with Gasteiger partial charge in [0.1, 0.15) is 5.82 Å². The van der Waals surface area contributed by atoms with Crippen LogP contribution < -0.4 is 10.2 Å². The molecule has 1 aromatic carbocycles. The Morgan fingerprint density at radius 1 is 1.36 bits per heavy atom. The average Bonchev–Trinajstić information content (AvgIpc) is 3.09. The molecule has 0 spiro atoms. The zero-order valence-electron chi connectivity index (χ0n) is 14.4. The van der Waals surface area contributed by atoms with E-state index in [1.165, 1.54) is 6.08 Å². The molecule has 6 heteroatoms. The molecule has 0 bridgehead atoms. The van der Waals surface area contributed by atoms with Gasteiger partial charge in [0, 0.05) is 38.1 Å². The van der Waals surface area contributed by atoms with Crippen LogP contribution >= 0.6 is 0 Å². The van der Waals surface area contributed by atoms with Crippen LogP contribution in [-0.4, -0.2) is 39.8 Å². The molecule has 0 saturated carbocycles. The first-order valence-electron chi connectivity index (χ1n) is 8.69. The van der Waals surface area contributed by atoms with Gasteiger partial charge >= 0.3 is 0 Å². The second-order valence-corrected chi connectivity index (χ2v) is 6.13. The van der Waals surface area contributed by atoms with Crippen LogP contribution in [0.15, 0.2) is 42.7 Å². The fourth-order valence-electron chi connectivity index (χ4n) is 3.03. The Balaban J connectivity index is 1.69. The van der Waals surface area contributed by atoms with Crippen molar-refractivity contribution in [1.82, 2.24) is 9.55 Å². The van der Waals surface area contributed by atoms with Gasteiger partial charge in [-0.05, 0) is 38.0 Å². The first-order valence-corrected chi connectivity index (χ1v) is 8.69. The molecule has 0 atom stereocenters. The van der Waals surface area contributed by atoms with Crippen molar-refractivity contribution in [2.24, 2.45) is 0 Å². The van der Waals surface area contributed by atoms with Gasteiger partial charge in [-0.1, -0.05) is 12.1 Å². The van der Waals surface area contributed by atoms with Crippen molar-refractivity contribution < 1.29 is 9.90 Å². The van der Waals surface area contributed by atoms with E-state index >= 15 is 0 Å². The van der Waals surface area contributed by atoms with Gasteiger partial charge in [-0.25, -0.2) is 4.98 Å². The van der Waals surface area contributed by atoms with Crippen molar-refractivity contribution in [2.75, 3.05) is 23.3 Å². The molecule has 0 radical (unpaired) electrons. The number of imidazole rings is 1. The lowest BCUT2D eigenvalue weighted by Gasteiger charge is -2.32. The van der Waals surface area contributed by atoms with Gasteiger partial charge in [-0.3, -0.25) is 4.79 Å². The Morgan fingerprint density at radius 3 is 2.88 bits per heavy atom. The minimum atomic E-state index is -0.219. The third-order valence-corrected chi connectivity index (χ3v) is 4.44. The topological polar surface area (TPSA) is 70.4 Å². The number of nitrogens with one attached hydrogen (secondary N) is 1. The fraction of sp³-hybridized carbons (Fsp3) is 0.368. The van der Waals surface area contributed by atoms with Crippen LogP contribution in [0.4, 0.5) is 11.4 Å². The normalized spacial score (nSPS) is 15.7. The molecule has 0 unspecified atom stereocenters. The summed E-state index contributed by atoms with van der Waals surface area (Å²) in [6, 6.07) is 7.77. The predicted octanol–water partition coefficient (Wildman–Crippen LogP) is 2.52. The van der Waals surface area contributed by atoms with Crippen LogP contribution in [0.1, 0.15) is 25.6 Å². The smallest absolute Gasteiger partial charge is 0.248 e. The summed E-state index contributed by atoms with van der Waals surface area (Å²) >= 11 is 0.